The van der Waals surface area contributed by atoms with E-state index in [1.807, 2.05) is 226 Å². The van der Waals surface area contributed by atoms with E-state index in [1.165, 1.54) is 36.0 Å². The monoisotopic (exact) mass is 1890 g/mol. The Morgan fingerprint density at radius 1 is 0.412 bits per heavy atom. The molecule has 12 heterocycles. The number of rotatable bonds is 3. The van der Waals surface area contributed by atoms with Crippen molar-refractivity contribution in [1.82, 2.24) is 54.7 Å². The van der Waals surface area contributed by atoms with Crippen molar-refractivity contribution < 1.29 is 75.2 Å². The molecular weight excluding hydrogens is 1730 g/mol. The summed E-state index contributed by atoms with van der Waals surface area (Å²) < 4.78 is 60.6. The highest BCUT2D eigenvalue weighted by Crippen LogP contribution is 2.65. The summed E-state index contributed by atoms with van der Waals surface area (Å²) in [6.07, 6.45) is 14.8. The highest BCUT2D eigenvalue weighted by Gasteiger charge is 2.60. The molecule has 10 saturated heterocycles. The van der Waals surface area contributed by atoms with E-state index in [2.05, 4.69) is 82.8 Å². The van der Waals surface area contributed by atoms with Crippen molar-refractivity contribution in [2.75, 3.05) is 131 Å². The first kappa shape index (κ1) is 108. The molecule has 0 bridgehead atoms. The van der Waals surface area contributed by atoms with Crippen LogP contribution < -0.4 is 5.32 Å². The minimum atomic E-state index is -2.45. The molecule has 0 radical (unpaired) electrons. The molecule has 2 saturated carbocycles. The fraction of sp³-hybridized carbons (Fsp3) is 0.743. The average molecular weight is 1900 g/mol. The molecule has 3 aromatic carbocycles. The number of halogens is 2. The van der Waals surface area contributed by atoms with E-state index >= 15 is 0 Å². The Balaban J connectivity index is 0.000000153. The van der Waals surface area contributed by atoms with Gasteiger partial charge in [0.1, 0.15) is 11.2 Å². The zero-order valence-corrected chi connectivity index (χ0v) is 87.9. The number of morpholine rings is 1. The standard InChI is InChI=1S/C20H25N3O2.C17H30N2O3.C17H23NO2.C17H25NO2.C13H21F2NO.C13H24N2O.C12H21NO3/c1-19(2,3)18(24)23-11-9-20(10-12-23)13-15(20)17-22-21-16(25-17)14-7-5-4-6-8-14;1-15(2,3)13(20)18-9-7-17(8-10-18)11-19(12-17)14(21)22-16(4,5)6;1-16(2,3)15(19)18-10-8-17(9-11-18)14-7-5-4-6-13(14)12-20-17;1-13-6-8-14(9-7-13)17(5)12-18(10-11-20-17)15(19)16(2,3)4;1-11(2,3)10(17)16-6-4-12(5-7-16)8-13(14,15)9-12;1-12(2,3)11(16)15-9-7-13(10-15)6-4-5-8-14-13;1-11(2,3)10(14)13-6-4-12(5-7-13)15-8-9-16-12/h4-8,15H,9-13H2,1-3H3;7-12H2,1-6H3;4-7H,8-12H2,1-3H3;6-9H,10-12H2,1-5H3;4-9H2,1-3H3;14H,4-10H2,1-3H3;4-9H2,1-3H3. The molecule has 25 nitrogen and oxygen atoms in total. The van der Waals surface area contributed by atoms with Gasteiger partial charge in [0.2, 0.25) is 59.1 Å². The molecule has 2 aliphatic carbocycles. The van der Waals surface area contributed by atoms with Crippen molar-refractivity contribution in [3.63, 3.8) is 0 Å². The van der Waals surface area contributed by atoms with Gasteiger partial charge in [0, 0.05) is 184 Å². The number of hydrogen-bond acceptors (Lipinski definition) is 17. The van der Waals surface area contributed by atoms with Crippen LogP contribution in [-0.4, -0.2) is 251 Å². The Morgan fingerprint density at radius 3 is 1.28 bits per heavy atom. The Labute approximate surface area is 812 Å². The number of nitrogens with one attached hydrogen (secondary N) is 1. The fourth-order valence-electron chi connectivity index (χ4n) is 21.4. The van der Waals surface area contributed by atoms with Crippen LogP contribution in [0.25, 0.3) is 11.5 Å². The van der Waals surface area contributed by atoms with Crippen LogP contribution in [0.15, 0.2) is 83.3 Å². The van der Waals surface area contributed by atoms with E-state index in [1.54, 1.807) is 4.90 Å². The molecule has 8 amide bonds. The highest BCUT2D eigenvalue weighted by molar-refractivity contribution is 5.85. The fourth-order valence-corrected chi connectivity index (χ4v) is 21.4. The number of hydrogen-bond donors (Lipinski definition) is 1. The predicted molar refractivity (Wildman–Crippen MR) is 526 cm³/mol. The van der Waals surface area contributed by atoms with Gasteiger partial charge in [0.05, 0.1) is 38.6 Å². The predicted octanol–water partition coefficient (Wildman–Crippen LogP) is 19.2. The Kier molecular flexibility index (Phi) is 33.2. The Hall–Kier alpha value is -7.98. The highest BCUT2D eigenvalue weighted by atomic mass is 19.3. The molecule has 3 atom stereocenters. The van der Waals surface area contributed by atoms with Crippen LogP contribution in [0.3, 0.4) is 0 Å². The Bertz CT molecular complexity index is 4710. The summed E-state index contributed by atoms with van der Waals surface area (Å²) in [6, 6.07) is 26.8. The lowest BCUT2D eigenvalue weighted by molar-refractivity contribution is -0.189. The summed E-state index contributed by atoms with van der Waals surface area (Å²) in [4.78, 5) is 113. The number of carbonyl (C=O) groups excluding carboxylic acids is 8. The zero-order chi connectivity index (χ0) is 100. The van der Waals surface area contributed by atoms with E-state index in [0.717, 1.165) is 179 Å². The zero-order valence-electron chi connectivity index (χ0n) is 87.9. The molecule has 136 heavy (non-hydrogen) atoms. The van der Waals surface area contributed by atoms with Crippen LogP contribution in [0.1, 0.15) is 316 Å². The van der Waals surface area contributed by atoms with Gasteiger partial charge in [-0.3, -0.25) is 33.6 Å². The Morgan fingerprint density at radius 2 is 0.831 bits per heavy atom. The average Bonchev–Trinajstić information content (AvgIpc) is 1.54. The molecule has 13 aliphatic rings. The number of ether oxygens (including phenoxy) is 5. The largest absolute Gasteiger partial charge is 0.444 e. The topological polar surface area (TPSA) is 260 Å². The van der Waals surface area contributed by atoms with Crippen LogP contribution in [0.4, 0.5) is 13.6 Å². The van der Waals surface area contributed by atoms with Crippen molar-refractivity contribution in [3.05, 3.63) is 107 Å². The molecule has 17 rings (SSSR count). The van der Waals surface area contributed by atoms with E-state index in [9.17, 15) is 47.1 Å². The molecule has 4 aromatic rings. The van der Waals surface area contributed by atoms with E-state index < -0.39 is 17.1 Å². The van der Waals surface area contributed by atoms with Crippen molar-refractivity contribution in [2.24, 2.45) is 54.1 Å². The molecule has 758 valence electrons. The van der Waals surface area contributed by atoms with Gasteiger partial charge in [-0.15, -0.1) is 10.2 Å². The van der Waals surface area contributed by atoms with Crippen molar-refractivity contribution >= 4 is 47.4 Å². The number of alkyl halides is 2. The summed E-state index contributed by atoms with van der Waals surface area (Å²) in [7, 11) is 0. The summed E-state index contributed by atoms with van der Waals surface area (Å²) in [5, 5.41) is 12.2. The molecule has 1 N–H and O–H groups in total. The van der Waals surface area contributed by atoms with E-state index in [0.29, 0.717) is 70.3 Å². The SMILES string of the molecule is CC(C)(C)C(=O)N1CCC2(CC1)CC(F)(F)C2.CC(C)(C)C(=O)N1CCC2(CC1)CC2c1nnc(-c2ccccc2)o1.CC(C)(C)C(=O)N1CCC2(CC1)OCCO2.CC(C)(C)C(=O)N1CCC2(CC1)OCc1ccccc12.CC(C)(C)C(=O)N1CCC2(CCCCN2)C1.CC(C)(C)OC(=O)N1CC2(CCN(C(=O)C(C)(C)C)CC2)C1.Cc1ccc(C2(C)CN(C(=O)C(C)(C)C)CCO2)cc1. The lowest BCUT2D eigenvalue weighted by atomic mass is 9.61. The lowest BCUT2D eigenvalue weighted by Crippen LogP contribution is -2.63. The van der Waals surface area contributed by atoms with Crippen LogP contribution in [-0.2, 0) is 75.1 Å². The molecule has 12 fully saturated rings. The summed E-state index contributed by atoms with van der Waals surface area (Å²) in [5.41, 5.74) is 3.37. The minimum absolute atomic E-state index is 0.0253. The second-order valence-electron chi connectivity index (χ2n) is 50.0. The second kappa shape index (κ2) is 41.7. The maximum atomic E-state index is 12.9. The van der Waals surface area contributed by atoms with Crippen LogP contribution in [0.5, 0.6) is 0 Å². The van der Waals surface area contributed by atoms with Gasteiger partial charge in [0.15, 0.2) is 5.79 Å². The molecule has 6 spiro atoms. The molecule has 11 aliphatic heterocycles. The number of likely N-dealkylation sites (tertiary alicyclic amines) is 7. The summed E-state index contributed by atoms with van der Waals surface area (Å²) >= 11 is 0. The van der Waals surface area contributed by atoms with E-state index in [-0.39, 0.29) is 125 Å². The van der Waals surface area contributed by atoms with Gasteiger partial charge in [-0.2, -0.15) is 0 Å². The molecule has 1 aromatic heterocycles. The van der Waals surface area contributed by atoms with E-state index in [4.69, 9.17) is 28.1 Å². The first-order chi connectivity index (χ1) is 63.0. The number of aryl methyl sites for hydroxylation is 1. The van der Waals surface area contributed by atoms with Gasteiger partial charge in [-0.05, 0) is 158 Å². The van der Waals surface area contributed by atoms with Gasteiger partial charge in [-0.25, -0.2) is 13.6 Å². The number of piperidine rings is 6. The number of benzene rings is 3. The molecular formula is C109H169F2N11O14. The lowest BCUT2D eigenvalue weighted by Gasteiger charge is -2.54. The first-order valence-corrected chi connectivity index (χ1v) is 50.7. The van der Waals surface area contributed by atoms with Crippen LogP contribution in [0, 0.1) is 61.1 Å². The third kappa shape index (κ3) is 27.4. The van der Waals surface area contributed by atoms with Crippen molar-refractivity contribution in [2.45, 2.75) is 336 Å². The van der Waals surface area contributed by atoms with Gasteiger partial charge < -0.3 is 72.6 Å². The summed E-state index contributed by atoms with van der Waals surface area (Å²) in [5.74, 6) is 0.463. The van der Waals surface area contributed by atoms with Crippen LogP contribution >= 0.6 is 0 Å². The quantitative estimate of drug-likeness (QED) is 0.200. The maximum Gasteiger partial charge on any atom is 0.410 e. The third-order valence-corrected chi connectivity index (χ3v) is 29.6. The normalized spacial score (nSPS) is 24.1. The summed E-state index contributed by atoms with van der Waals surface area (Å²) in [6.45, 7) is 67.3. The smallest absolute Gasteiger partial charge is 0.410 e. The molecule has 27 heteroatoms. The number of amides is 8. The first-order valence-electron chi connectivity index (χ1n) is 50.7. The van der Waals surface area contributed by atoms with Crippen molar-refractivity contribution in [1.29, 1.82) is 0 Å². The second-order valence-corrected chi connectivity index (χ2v) is 50.0. The third-order valence-electron chi connectivity index (χ3n) is 29.6. The number of aromatic nitrogens is 2. The molecule has 3 unspecified atom stereocenters. The van der Waals surface area contributed by atoms with Crippen molar-refractivity contribution in [3.8, 4) is 11.5 Å². The number of fused-ring (bicyclic) bond motifs is 2. The van der Waals surface area contributed by atoms with Gasteiger partial charge >= 0.3 is 6.09 Å². The van der Waals surface area contributed by atoms with Gasteiger partial charge in [-0.1, -0.05) is 224 Å². The minimum Gasteiger partial charge on any atom is -0.444 e. The van der Waals surface area contributed by atoms with Crippen LogP contribution in [0.2, 0.25) is 0 Å². The maximum absolute atomic E-state index is 12.9. The van der Waals surface area contributed by atoms with Gasteiger partial charge in [0.25, 0.3) is 0 Å². The number of nitrogens with zero attached hydrogens (tertiary/aromatic N) is 10. The number of carbonyl (C=O) groups is 8.